The molecule has 0 spiro atoms. The molecule has 12 heteroatoms. The molecule has 0 bridgehead atoms. The molecule has 0 aliphatic carbocycles. The first-order valence-electron chi connectivity index (χ1n) is 31.6. The Morgan fingerprint density at radius 1 is 0.378 bits per heavy atom. The quantitative estimate of drug-likeness (QED) is 0.0296. The van der Waals surface area contributed by atoms with Crippen LogP contribution in [0.1, 0.15) is 211 Å². The van der Waals surface area contributed by atoms with Gasteiger partial charge in [0.15, 0.2) is 0 Å². The Labute approximate surface area is 529 Å². The summed E-state index contributed by atoms with van der Waals surface area (Å²) in [5, 5.41) is 0.724. The smallest absolute Gasteiger partial charge is 0.345 e. The van der Waals surface area contributed by atoms with Gasteiger partial charge in [0.2, 0.25) is 5.79 Å². The summed E-state index contributed by atoms with van der Waals surface area (Å²) in [6, 6.07) is 55.1. The van der Waals surface area contributed by atoms with Gasteiger partial charge in [0, 0.05) is 66.0 Å². The highest BCUT2D eigenvalue weighted by atomic mass is 16.7. The van der Waals surface area contributed by atoms with Crippen molar-refractivity contribution in [3.63, 3.8) is 0 Å². The van der Waals surface area contributed by atoms with Crippen molar-refractivity contribution in [1.29, 1.82) is 0 Å². The van der Waals surface area contributed by atoms with Crippen molar-refractivity contribution in [3.8, 4) is 23.0 Å². The van der Waals surface area contributed by atoms with Gasteiger partial charge in [-0.2, -0.15) is 0 Å². The maximum atomic E-state index is 14.2. The second-order valence-electron chi connectivity index (χ2n) is 27.7. The monoisotopic (exact) mass is 1210 g/mol. The van der Waals surface area contributed by atoms with E-state index in [1.165, 1.54) is 43.2 Å². The highest BCUT2D eigenvalue weighted by Gasteiger charge is 2.42. The third kappa shape index (κ3) is 12.6. The van der Waals surface area contributed by atoms with Gasteiger partial charge in [0.1, 0.15) is 35.2 Å². The summed E-state index contributed by atoms with van der Waals surface area (Å²) in [5.74, 6) is -0.798. The van der Waals surface area contributed by atoms with E-state index in [0.29, 0.717) is 108 Å². The van der Waals surface area contributed by atoms with E-state index in [-0.39, 0.29) is 35.9 Å². The maximum Gasteiger partial charge on any atom is 0.345 e. The lowest BCUT2D eigenvalue weighted by Gasteiger charge is -2.38. The van der Waals surface area contributed by atoms with Gasteiger partial charge in [-0.25, -0.2) is 4.79 Å². The Hall–Kier alpha value is -9.03. The van der Waals surface area contributed by atoms with Crippen molar-refractivity contribution in [2.75, 3.05) is 26.3 Å². The second-order valence-corrected chi connectivity index (χ2v) is 27.7. The fourth-order valence-corrected chi connectivity index (χ4v) is 12.6. The number of unbranched alkanes of at least 4 members (excludes halogenated alkanes) is 4. The average Bonchev–Trinajstić information content (AvgIpc) is 0.726. The van der Waals surface area contributed by atoms with Gasteiger partial charge in [-0.05, 0) is 160 Å². The Morgan fingerprint density at radius 2 is 0.744 bits per heavy atom. The first-order chi connectivity index (χ1) is 42.8. The third-order valence-corrected chi connectivity index (χ3v) is 17.7. The lowest BCUT2D eigenvalue weighted by Crippen LogP contribution is -2.43. The van der Waals surface area contributed by atoms with Crippen LogP contribution >= 0.6 is 0 Å². The number of carbonyl (C=O) groups is 5. The minimum absolute atomic E-state index is 0.00697. The summed E-state index contributed by atoms with van der Waals surface area (Å²) in [6.07, 6.45) is 3.91. The Morgan fingerprint density at radius 3 is 1.16 bits per heavy atom. The fourth-order valence-electron chi connectivity index (χ4n) is 12.6. The average molecular weight is 1210 g/mol. The molecule has 0 fully saturated rings. The molecule has 90 heavy (non-hydrogen) atoms. The molecule has 0 saturated carbocycles. The molecule has 3 aliphatic rings. The molecule has 0 saturated heterocycles. The number of hydrogen-bond donors (Lipinski definition) is 0. The third-order valence-electron chi connectivity index (χ3n) is 17.7. The van der Waals surface area contributed by atoms with Gasteiger partial charge in [0.05, 0.1) is 18.6 Å². The zero-order valence-electron chi connectivity index (χ0n) is 53.8. The molecule has 4 amide bonds. The van der Waals surface area contributed by atoms with Crippen LogP contribution in [0.5, 0.6) is 23.0 Å². The van der Waals surface area contributed by atoms with Crippen LogP contribution in [-0.4, -0.2) is 71.5 Å². The number of benzene rings is 8. The van der Waals surface area contributed by atoms with Crippen molar-refractivity contribution in [2.24, 2.45) is 0 Å². The number of hydrogen-bond acceptors (Lipinski definition) is 10. The van der Waals surface area contributed by atoms with Crippen molar-refractivity contribution in [3.05, 3.63) is 236 Å². The number of cyclic esters (lactones) is 1. The zero-order chi connectivity index (χ0) is 63.9. The van der Waals surface area contributed by atoms with Crippen LogP contribution in [0.4, 0.5) is 0 Å². The number of rotatable bonds is 21. The van der Waals surface area contributed by atoms with E-state index in [9.17, 15) is 24.0 Å². The van der Waals surface area contributed by atoms with Gasteiger partial charge >= 0.3 is 5.97 Å². The molecule has 0 N–H and O–H groups in total. The summed E-state index contributed by atoms with van der Waals surface area (Å²) in [7, 11) is 0. The normalized spacial score (nSPS) is 14.8. The summed E-state index contributed by atoms with van der Waals surface area (Å²) >= 11 is 0. The van der Waals surface area contributed by atoms with E-state index in [4.69, 9.17) is 23.7 Å². The minimum atomic E-state index is -1.06. The first kappa shape index (κ1) is 62.6. The first-order valence-corrected chi connectivity index (χ1v) is 31.6. The number of imide groups is 2. The van der Waals surface area contributed by atoms with E-state index in [2.05, 4.69) is 159 Å². The van der Waals surface area contributed by atoms with Gasteiger partial charge in [-0.1, -0.05) is 159 Å². The van der Waals surface area contributed by atoms with Gasteiger partial charge in [-0.3, -0.25) is 29.0 Å². The number of carbonyl (C=O) groups excluding carboxylic acids is 5. The molecule has 8 aromatic carbocycles. The molecule has 464 valence electrons. The topological polar surface area (TPSA) is 138 Å². The molecule has 3 heterocycles. The molecular weight excluding hydrogens is 1120 g/mol. The van der Waals surface area contributed by atoms with E-state index in [1.54, 1.807) is 56.3 Å². The number of ether oxygens (including phenoxy) is 5. The van der Waals surface area contributed by atoms with E-state index in [1.807, 2.05) is 24.3 Å². The number of fused-ring (bicyclic) bond motifs is 1. The molecular formula is C78H82N2O10. The molecule has 0 aromatic heterocycles. The molecule has 0 atom stereocenters. The molecule has 8 aromatic rings. The Bertz CT molecular complexity index is 3820. The lowest BCUT2D eigenvalue weighted by molar-refractivity contribution is -0.127. The highest BCUT2D eigenvalue weighted by molar-refractivity contribution is 6.33. The van der Waals surface area contributed by atoms with Crippen LogP contribution in [-0.2, 0) is 33.0 Å². The van der Waals surface area contributed by atoms with Crippen molar-refractivity contribution < 1.29 is 47.7 Å². The van der Waals surface area contributed by atoms with Crippen molar-refractivity contribution in [2.45, 2.75) is 149 Å². The predicted molar refractivity (Wildman–Crippen MR) is 352 cm³/mol. The van der Waals surface area contributed by atoms with Crippen molar-refractivity contribution in [1.82, 2.24) is 9.80 Å². The van der Waals surface area contributed by atoms with E-state index in [0.717, 1.165) is 16.9 Å². The standard InChI is InChI=1S/C78H82N2O10/c1-74(2,3)51-22-28-54(29-23-51)78(55-30-24-52(25-31-55)75(4,5)6,56-32-26-53(27-33-56)76(7,8)9)57-34-36-58(37-35-57)86-45-16-12-14-43-79-69(81)62-39-41-64-68-65(42-40-63(67(62)68)70(79)82)72(84)80(71(64)83)44-15-13-17-46-87-59-19-18-20-60(48-59)88-49-50-21-38-61-66(47-50)89-77(10,11)90-73(61)85/h18-42,47-48H,12-17,43-46,49H2,1-11H3. The molecule has 11 rings (SSSR count). The summed E-state index contributed by atoms with van der Waals surface area (Å²) in [6.45, 7) is 25.1. The predicted octanol–water partition coefficient (Wildman–Crippen LogP) is 16.7. The SMILES string of the molecule is CC1(C)OC(=O)c2ccc(COc3cccc(OCCCCCN4C(=O)c5ccc6c7c(ccc(c57)C4=O)C(=O)N(CCCCCOc4ccc(C(c5ccc(C(C)(C)C)cc5)(c5ccc(C(C)(C)C)cc5)c5ccc(C(C)(C)C)cc5)cc4)C6=O)c3)cc2O1. The van der Waals surface area contributed by atoms with Crippen LogP contribution in [0.15, 0.2) is 164 Å². The van der Waals surface area contributed by atoms with Gasteiger partial charge < -0.3 is 23.7 Å². The number of nitrogens with zero attached hydrogens (tertiary/aromatic N) is 2. The highest BCUT2D eigenvalue weighted by Crippen LogP contribution is 2.47. The van der Waals surface area contributed by atoms with Crippen LogP contribution in [0.25, 0.3) is 10.8 Å². The summed E-state index contributed by atoms with van der Waals surface area (Å²) in [5.41, 5.74) is 10.2. The van der Waals surface area contributed by atoms with Crippen molar-refractivity contribution >= 4 is 40.4 Å². The molecule has 12 nitrogen and oxygen atoms in total. The van der Waals surface area contributed by atoms with Crippen LogP contribution in [0.3, 0.4) is 0 Å². The zero-order valence-corrected chi connectivity index (χ0v) is 53.8. The van der Waals surface area contributed by atoms with Gasteiger partial charge in [0.25, 0.3) is 23.6 Å². The van der Waals surface area contributed by atoms with Crippen LogP contribution in [0.2, 0.25) is 0 Å². The lowest BCUT2D eigenvalue weighted by atomic mass is 9.64. The molecule has 0 unspecified atom stereocenters. The second kappa shape index (κ2) is 24.7. The maximum absolute atomic E-state index is 14.2. The Balaban J connectivity index is 0.684. The Kier molecular flexibility index (Phi) is 17.2. The summed E-state index contributed by atoms with van der Waals surface area (Å²) in [4.78, 5) is 71.3. The van der Waals surface area contributed by atoms with Gasteiger partial charge in [-0.15, -0.1) is 0 Å². The fraction of sp³-hybridized carbons (Fsp3) is 0.346. The summed E-state index contributed by atoms with van der Waals surface area (Å²) < 4.78 is 29.6. The number of esters is 1. The molecule has 3 aliphatic heterocycles. The number of amides is 4. The van der Waals surface area contributed by atoms with Crippen LogP contribution < -0.4 is 18.9 Å². The molecule has 0 radical (unpaired) electrons. The minimum Gasteiger partial charge on any atom is -0.494 e. The van der Waals surface area contributed by atoms with E-state index >= 15 is 0 Å². The largest absolute Gasteiger partial charge is 0.494 e. The van der Waals surface area contributed by atoms with Crippen LogP contribution in [0, 0.1) is 0 Å². The van der Waals surface area contributed by atoms with E-state index < -0.39 is 40.8 Å².